The number of rotatable bonds is 6. The molecule has 2 aromatic rings. The van der Waals surface area contributed by atoms with Gasteiger partial charge in [0.25, 0.3) is 0 Å². The van der Waals surface area contributed by atoms with Crippen LogP contribution in [0.25, 0.3) is 0 Å². The quantitative estimate of drug-likeness (QED) is 0.745. The van der Waals surface area contributed by atoms with E-state index in [0.29, 0.717) is 0 Å². The van der Waals surface area contributed by atoms with Crippen LogP contribution < -0.4 is 19.3 Å². The van der Waals surface area contributed by atoms with Crippen LogP contribution in [0.2, 0.25) is 0 Å². The molecule has 0 unspecified atom stereocenters. The molecule has 2 aliphatic rings. The normalized spacial score (nSPS) is 18.7. The van der Waals surface area contributed by atoms with Gasteiger partial charge in [-0.15, -0.1) is 0 Å². The van der Waals surface area contributed by atoms with Gasteiger partial charge >= 0.3 is 0 Å². The molecule has 4 rings (SSSR count). The Kier molecular flexibility index (Phi) is 6.42. The van der Waals surface area contributed by atoms with Gasteiger partial charge in [-0.1, -0.05) is 0 Å². The van der Waals surface area contributed by atoms with E-state index in [9.17, 15) is 0 Å². The third-order valence-corrected chi connectivity index (χ3v) is 5.82. The fourth-order valence-electron chi connectivity index (χ4n) is 4.26. The van der Waals surface area contributed by atoms with E-state index < -0.39 is 0 Å². The van der Waals surface area contributed by atoms with Crippen LogP contribution >= 0.6 is 0 Å². The van der Waals surface area contributed by atoms with Crippen molar-refractivity contribution < 1.29 is 9.47 Å². The smallest absolute Gasteiger partial charge is 0.119 e. The lowest BCUT2D eigenvalue weighted by atomic mass is 10.2. The zero-order valence-electron chi connectivity index (χ0n) is 17.6. The highest BCUT2D eigenvalue weighted by molar-refractivity contribution is 5.50. The minimum atomic E-state index is 0.912. The SMILES string of the molecule is COc1ccc(N2CCCN(CN3CCCN(c4ccc(OC)cc4)C3)C2)cc1. The summed E-state index contributed by atoms with van der Waals surface area (Å²) in [5, 5.41) is 0. The van der Waals surface area contributed by atoms with Gasteiger partial charge in [0.05, 0.1) is 34.2 Å². The van der Waals surface area contributed by atoms with Crippen molar-refractivity contribution in [2.45, 2.75) is 12.8 Å². The molecule has 0 bridgehead atoms. The fraction of sp³-hybridized carbons (Fsp3) is 0.478. The number of benzene rings is 2. The van der Waals surface area contributed by atoms with Crippen molar-refractivity contribution in [2.75, 3.05) is 70.2 Å². The van der Waals surface area contributed by atoms with Crippen LogP contribution in [-0.2, 0) is 0 Å². The van der Waals surface area contributed by atoms with Gasteiger partial charge in [-0.25, -0.2) is 0 Å². The first-order valence-electron chi connectivity index (χ1n) is 10.5. The lowest BCUT2D eigenvalue weighted by molar-refractivity contribution is 0.107. The summed E-state index contributed by atoms with van der Waals surface area (Å²) in [7, 11) is 3.43. The summed E-state index contributed by atoms with van der Waals surface area (Å²) in [5.41, 5.74) is 2.54. The molecule has 0 radical (unpaired) electrons. The first-order chi connectivity index (χ1) is 14.2. The highest BCUT2D eigenvalue weighted by Crippen LogP contribution is 2.24. The molecule has 2 heterocycles. The van der Waals surface area contributed by atoms with Gasteiger partial charge < -0.3 is 19.3 Å². The molecule has 0 amide bonds. The van der Waals surface area contributed by atoms with Gasteiger partial charge in [0, 0.05) is 37.6 Å². The van der Waals surface area contributed by atoms with Crippen molar-refractivity contribution in [3.63, 3.8) is 0 Å². The lowest BCUT2D eigenvalue weighted by Gasteiger charge is -2.43. The zero-order chi connectivity index (χ0) is 20.1. The average Bonchev–Trinajstić information content (AvgIpc) is 2.79. The molecule has 6 heteroatoms. The largest absolute Gasteiger partial charge is 0.497 e. The maximum Gasteiger partial charge on any atom is 0.119 e. The van der Waals surface area contributed by atoms with Crippen molar-refractivity contribution in [1.82, 2.24) is 9.80 Å². The molecular weight excluding hydrogens is 364 g/mol. The summed E-state index contributed by atoms with van der Waals surface area (Å²) in [6.07, 6.45) is 2.39. The van der Waals surface area contributed by atoms with Gasteiger partial charge in [-0.05, 0) is 61.4 Å². The van der Waals surface area contributed by atoms with E-state index in [0.717, 1.165) is 57.7 Å². The zero-order valence-corrected chi connectivity index (χ0v) is 17.6. The molecule has 2 fully saturated rings. The molecule has 0 spiro atoms. The van der Waals surface area contributed by atoms with Crippen LogP contribution in [0.3, 0.4) is 0 Å². The number of hydrogen-bond donors (Lipinski definition) is 0. The summed E-state index contributed by atoms with van der Waals surface area (Å²) in [6, 6.07) is 16.8. The van der Waals surface area contributed by atoms with Crippen LogP contribution in [0.1, 0.15) is 12.8 Å². The Morgan fingerprint density at radius 1 is 0.621 bits per heavy atom. The van der Waals surface area contributed by atoms with E-state index in [1.54, 1.807) is 14.2 Å². The monoisotopic (exact) mass is 396 g/mol. The highest BCUT2D eigenvalue weighted by Gasteiger charge is 2.23. The molecule has 0 saturated carbocycles. The Balaban J connectivity index is 1.34. The van der Waals surface area contributed by atoms with Crippen LogP contribution in [0.5, 0.6) is 11.5 Å². The predicted molar refractivity (Wildman–Crippen MR) is 118 cm³/mol. The highest BCUT2D eigenvalue weighted by atomic mass is 16.5. The second-order valence-electron chi connectivity index (χ2n) is 7.84. The molecule has 0 N–H and O–H groups in total. The summed E-state index contributed by atoms with van der Waals surface area (Å²) < 4.78 is 10.6. The Hall–Kier alpha value is -2.44. The molecular formula is C23H32N4O2. The van der Waals surface area contributed by atoms with Gasteiger partial charge in [0.15, 0.2) is 0 Å². The van der Waals surface area contributed by atoms with Crippen molar-refractivity contribution in [3.8, 4) is 11.5 Å². The van der Waals surface area contributed by atoms with Crippen molar-refractivity contribution in [1.29, 1.82) is 0 Å². The summed E-state index contributed by atoms with van der Waals surface area (Å²) in [5.74, 6) is 1.82. The van der Waals surface area contributed by atoms with E-state index in [1.165, 1.54) is 24.2 Å². The minimum absolute atomic E-state index is 0.912. The molecule has 0 aromatic heterocycles. The summed E-state index contributed by atoms with van der Waals surface area (Å²) in [4.78, 5) is 10.1. The van der Waals surface area contributed by atoms with Crippen LogP contribution in [0.4, 0.5) is 11.4 Å². The van der Waals surface area contributed by atoms with Crippen molar-refractivity contribution in [2.24, 2.45) is 0 Å². The standard InChI is InChI=1S/C23H32N4O2/c1-28-22-9-5-20(6-10-22)26-15-3-13-24(18-26)17-25-14-4-16-27(19-25)21-7-11-23(29-2)12-8-21/h5-12H,3-4,13-19H2,1-2H3. The molecule has 29 heavy (non-hydrogen) atoms. The maximum atomic E-state index is 5.29. The van der Waals surface area contributed by atoms with E-state index in [1.807, 2.05) is 24.3 Å². The second-order valence-corrected chi connectivity index (χ2v) is 7.84. The number of hydrogen-bond acceptors (Lipinski definition) is 6. The molecule has 0 atom stereocenters. The Labute approximate surface area is 174 Å². The van der Waals surface area contributed by atoms with Crippen LogP contribution in [-0.4, -0.2) is 70.2 Å². The second kappa shape index (κ2) is 9.37. The van der Waals surface area contributed by atoms with Gasteiger partial charge in [0.2, 0.25) is 0 Å². The molecule has 156 valence electrons. The minimum Gasteiger partial charge on any atom is -0.497 e. The maximum absolute atomic E-state index is 5.29. The van der Waals surface area contributed by atoms with Crippen molar-refractivity contribution in [3.05, 3.63) is 48.5 Å². The van der Waals surface area contributed by atoms with Gasteiger partial charge in [0.1, 0.15) is 11.5 Å². The lowest BCUT2D eigenvalue weighted by Crippen LogP contribution is -2.53. The van der Waals surface area contributed by atoms with Crippen molar-refractivity contribution >= 4 is 11.4 Å². The van der Waals surface area contributed by atoms with E-state index in [2.05, 4.69) is 43.9 Å². The number of anilines is 2. The average molecular weight is 397 g/mol. The molecule has 2 aliphatic heterocycles. The fourth-order valence-corrected chi connectivity index (χ4v) is 4.26. The molecule has 2 saturated heterocycles. The Morgan fingerprint density at radius 2 is 1.03 bits per heavy atom. The first-order valence-corrected chi connectivity index (χ1v) is 10.5. The van der Waals surface area contributed by atoms with Gasteiger partial charge in [-0.3, -0.25) is 9.80 Å². The van der Waals surface area contributed by atoms with Crippen LogP contribution in [0, 0.1) is 0 Å². The third kappa shape index (κ3) is 4.95. The molecule has 6 nitrogen and oxygen atoms in total. The van der Waals surface area contributed by atoms with Gasteiger partial charge in [-0.2, -0.15) is 0 Å². The van der Waals surface area contributed by atoms with E-state index in [4.69, 9.17) is 9.47 Å². The van der Waals surface area contributed by atoms with E-state index >= 15 is 0 Å². The van der Waals surface area contributed by atoms with E-state index in [-0.39, 0.29) is 0 Å². The summed E-state index contributed by atoms with van der Waals surface area (Å²) >= 11 is 0. The van der Waals surface area contributed by atoms with Crippen LogP contribution in [0.15, 0.2) is 48.5 Å². The number of nitrogens with zero attached hydrogens (tertiary/aromatic N) is 4. The first kappa shape index (κ1) is 19.9. The third-order valence-electron chi connectivity index (χ3n) is 5.82. The Bertz CT molecular complexity index is 700. The Morgan fingerprint density at radius 3 is 1.41 bits per heavy atom. The predicted octanol–water partition coefficient (Wildman–Crippen LogP) is 3.30. The number of ether oxygens (including phenoxy) is 2. The molecule has 2 aromatic carbocycles. The topological polar surface area (TPSA) is 31.4 Å². The molecule has 0 aliphatic carbocycles. The number of methoxy groups -OCH3 is 2. The summed E-state index contributed by atoms with van der Waals surface area (Å²) in [6.45, 7) is 7.51.